The molecule has 3 N–H and O–H groups in total. The number of hydrogen-bond acceptors (Lipinski definition) is 7. The van der Waals surface area contributed by atoms with E-state index in [4.69, 9.17) is 38.4 Å². The summed E-state index contributed by atoms with van der Waals surface area (Å²) >= 11 is 13.5. The normalized spacial score (nSPS) is 13.9. The highest BCUT2D eigenvalue weighted by Crippen LogP contribution is 2.45. The lowest BCUT2D eigenvalue weighted by molar-refractivity contribution is 0.223. The van der Waals surface area contributed by atoms with Crippen molar-refractivity contribution in [2.45, 2.75) is 39.2 Å². The number of ether oxygens (including phenoxy) is 2. The number of para-hydroxylation sites is 1. The maximum Gasteiger partial charge on any atom is 0.259 e. The summed E-state index contributed by atoms with van der Waals surface area (Å²) in [5.74, 6) is 1.33. The minimum atomic E-state index is -0.206. The molecule has 10 heteroatoms. The number of nitrogens with one attached hydrogen (secondary N) is 1. The zero-order valence-electron chi connectivity index (χ0n) is 23.6. The smallest absolute Gasteiger partial charge is 0.259 e. The number of nitrogens with zero attached hydrogens (tertiary/aromatic N) is 3. The van der Waals surface area contributed by atoms with Crippen molar-refractivity contribution < 1.29 is 9.47 Å². The lowest BCUT2D eigenvalue weighted by Crippen LogP contribution is -2.32. The predicted molar refractivity (Wildman–Crippen MR) is 168 cm³/mol. The highest BCUT2D eigenvalue weighted by Gasteiger charge is 2.23. The predicted octanol–water partition coefficient (Wildman–Crippen LogP) is 6.90. The second-order valence-electron chi connectivity index (χ2n) is 10.3. The number of halogens is 2. The largest absolute Gasteiger partial charge is 0.495 e. The summed E-state index contributed by atoms with van der Waals surface area (Å²) < 4.78 is 12.7. The number of piperidine rings is 1. The molecule has 1 aliphatic heterocycles. The van der Waals surface area contributed by atoms with E-state index in [-0.39, 0.29) is 15.6 Å². The Kier molecular flexibility index (Phi) is 8.92. The zero-order chi connectivity index (χ0) is 29.1. The summed E-state index contributed by atoms with van der Waals surface area (Å²) in [5, 5.41) is 4.61. The molecule has 5 rings (SSSR count). The molecule has 0 radical (unpaired) electrons. The average Bonchev–Trinajstić information content (AvgIpc) is 2.97. The Hall–Kier alpha value is -3.46. The molecule has 0 amide bonds. The van der Waals surface area contributed by atoms with E-state index in [0.717, 1.165) is 48.2 Å². The maximum absolute atomic E-state index is 14.2. The number of methoxy groups -OCH3 is 2. The lowest BCUT2D eigenvalue weighted by Gasteiger charge is -2.26. The Bertz CT molecular complexity index is 1580. The van der Waals surface area contributed by atoms with Crippen LogP contribution in [0, 0.1) is 6.92 Å². The van der Waals surface area contributed by atoms with Gasteiger partial charge in [-0.25, -0.2) is 4.98 Å². The van der Waals surface area contributed by atoms with Gasteiger partial charge in [0.2, 0.25) is 0 Å². The number of likely N-dealkylation sites (tertiary alicyclic amines) is 1. The molecule has 2 aromatic heterocycles. The van der Waals surface area contributed by atoms with Crippen LogP contribution in [0.2, 0.25) is 10.0 Å². The Morgan fingerprint density at radius 1 is 1.00 bits per heavy atom. The quantitative estimate of drug-likeness (QED) is 0.203. The molecule has 4 aromatic rings. The van der Waals surface area contributed by atoms with Crippen LogP contribution in [0.1, 0.15) is 31.2 Å². The van der Waals surface area contributed by atoms with Gasteiger partial charge in [0.05, 0.1) is 46.7 Å². The zero-order valence-corrected chi connectivity index (χ0v) is 25.1. The molecule has 1 saturated heterocycles. The molecule has 1 aliphatic rings. The van der Waals surface area contributed by atoms with Gasteiger partial charge in [-0.2, -0.15) is 0 Å². The van der Waals surface area contributed by atoms with Crippen molar-refractivity contribution in [3.05, 3.63) is 68.6 Å². The van der Waals surface area contributed by atoms with E-state index in [1.807, 2.05) is 31.2 Å². The van der Waals surface area contributed by atoms with Gasteiger partial charge in [-0.15, -0.1) is 0 Å². The van der Waals surface area contributed by atoms with Crippen molar-refractivity contribution in [1.29, 1.82) is 0 Å². The summed E-state index contributed by atoms with van der Waals surface area (Å²) in [6.45, 7) is 5.62. The SMILES string of the molecule is COc1cc(OC)c(Cl)c(-c2cc3cnc(Nc4c(C)cccc4N)cc3n(CCCN3CCCCC3)c2=O)c1Cl. The fourth-order valence-electron chi connectivity index (χ4n) is 5.49. The topological polar surface area (TPSA) is 94.6 Å². The van der Waals surface area contributed by atoms with Crippen molar-refractivity contribution in [2.24, 2.45) is 0 Å². The lowest BCUT2D eigenvalue weighted by atomic mass is 10.0. The fourth-order valence-corrected chi connectivity index (χ4v) is 6.19. The third-order valence-corrected chi connectivity index (χ3v) is 8.43. The van der Waals surface area contributed by atoms with Crippen LogP contribution in [0.3, 0.4) is 0 Å². The molecule has 0 bridgehead atoms. The molecular formula is C31H35Cl2N5O3. The number of nitrogen functional groups attached to an aromatic ring is 1. The van der Waals surface area contributed by atoms with E-state index in [1.54, 1.807) is 22.9 Å². The third-order valence-electron chi connectivity index (χ3n) is 7.68. The number of aromatic nitrogens is 2. The summed E-state index contributed by atoms with van der Waals surface area (Å²) in [4.78, 5) is 21.4. The van der Waals surface area contributed by atoms with Crippen molar-refractivity contribution in [2.75, 3.05) is 44.9 Å². The number of rotatable bonds is 9. The molecular weight excluding hydrogens is 561 g/mol. The van der Waals surface area contributed by atoms with Crippen LogP contribution in [0.5, 0.6) is 11.5 Å². The van der Waals surface area contributed by atoms with Crippen LogP contribution >= 0.6 is 23.2 Å². The van der Waals surface area contributed by atoms with Gasteiger partial charge in [0.15, 0.2) is 0 Å². The Morgan fingerprint density at radius 3 is 2.37 bits per heavy atom. The van der Waals surface area contributed by atoms with Crippen molar-refractivity contribution in [3.63, 3.8) is 0 Å². The summed E-state index contributed by atoms with van der Waals surface area (Å²) in [6, 6.07) is 11.0. The average molecular weight is 597 g/mol. The van der Waals surface area contributed by atoms with Crippen molar-refractivity contribution in [3.8, 4) is 22.6 Å². The third kappa shape index (κ3) is 5.96. The van der Waals surface area contributed by atoms with Gasteiger partial charge in [0, 0.05) is 35.8 Å². The Labute approximate surface area is 250 Å². The minimum absolute atomic E-state index is 0.206. The van der Waals surface area contributed by atoms with Gasteiger partial charge in [-0.3, -0.25) is 4.79 Å². The van der Waals surface area contributed by atoms with Crippen LogP contribution in [0.15, 0.2) is 47.4 Å². The van der Waals surface area contributed by atoms with Crippen LogP contribution < -0.4 is 26.1 Å². The van der Waals surface area contributed by atoms with Crippen molar-refractivity contribution >= 4 is 51.3 Å². The number of nitrogens with two attached hydrogens (primary N) is 1. The van der Waals surface area contributed by atoms with E-state index in [1.165, 1.54) is 33.5 Å². The number of fused-ring (bicyclic) bond motifs is 1. The van der Waals surface area contributed by atoms with Crippen LogP contribution in [0.25, 0.3) is 22.0 Å². The molecule has 0 aliphatic carbocycles. The van der Waals surface area contributed by atoms with Crippen LogP contribution in [0.4, 0.5) is 17.2 Å². The standard InChI is InChI=1S/C31H35Cl2N5O3/c1-19-9-7-10-22(34)30(19)36-26-16-23-20(18-35-26)15-21(27-28(32)24(40-2)17-25(41-3)29(27)33)31(39)38(23)14-8-13-37-11-5-4-6-12-37/h7,9-10,15-18H,4-6,8,11-14,34H2,1-3H3,(H,35,36). The van der Waals surface area contributed by atoms with Gasteiger partial charge in [-0.05, 0) is 63.5 Å². The van der Waals surface area contributed by atoms with E-state index in [0.29, 0.717) is 40.7 Å². The van der Waals surface area contributed by atoms with Crippen LogP contribution in [-0.4, -0.2) is 48.3 Å². The monoisotopic (exact) mass is 595 g/mol. The fraction of sp³-hybridized carbons (Fsp3) is 0.355. The molecule has 3 heterocycles. The highest BCUT2D eigenvalue weighted by molar-refractivity contribution is 6.41. The number of anilines is 3. The molecule has 0 spiro atoms. The molecule has 0 unspecified atom stereocenters. The first kappa shape index (κ1) is 29.0. The molecule has 0 saturated carbocycles. The number of benzene rings is 2. The molecule has 41 heavy (non-hydrogen) atoms. The van der Waals surface area contributed by atoms with Gasteiger partial charge >= 0.3 is 0 Å². The highest BCUT2D eigenvalue weighted by atomic mass is 35.5. The van der Waals surface area contributed by atoms with E-state index in [2.05, 4.69) is 15.2 Å². The minimum Gasteiger partial charge on any atom is -0.495 e. The first-order chi connectivity index (χ1) is 19.8. The van der Waals surface area contributed by atoms with Crippen molar-refractivity contribution in [1.82, 2.24) is 14.5 Å². The van der Waals surface area contributed by atoms with Gasteiger partial charge in [0.1, 0.15) is 17.3 Å². The van der Waals surface area contributed by atoms with E-state index >= 15 is 0 Å². The summed E-state index contributed by atoms with van der Waals surface area (Å²) in [7, 11) is 3.02. The Balaban J connectivity index is 1.63. The summed E-state index contributed by atoms with van der Waals surface area (Å²) in [6.07, 6.45) is 6.28. The number of hydrogen-bond donors (Lipinski definition) is 2. The maximum atomic E-state index is 14.2. The van der Waals surface area contributed by atoms with Gasteiger partial charge < -0.3 is 30.0 Å². The van der Waals surface area contributed by atoms with E-state index < -0.39 is 0 Å². The van der Waals surface area contributed by atoms with Gasteiger partial charge in [-0.1, -0.05) is 41.8 Å². The Morgan fingerprint density at radius 2 is 1.71 bits per heavy atom. The second kappa shape index (κ2) is 12.6. The van der Waals surface area contributed by atoms with Crippen LogP contribution in [-0.2, 0) is 6.54 Å². The first-order valence-electron chi connectivity index (χ1n) is 13.8. The number of aryl methyl sites for hydroxylation is 2. The second-order valence-corrected chi connectivity index (χ2v) is 11.1. The van der Waals surface area contributed by atoms with Gasteiger partial charge in [0.25, 0.3) is 5.56 Å². The summed E-state index contributed by atoms with van der Waals surface area (Å²) in [5.41, 5.74) is 9.92. The molecule has 2 aromatic carbocycles. The molecule has 8 nitrogen and oxygen atoms in total. The first-order valence-corrected chi connectivity index (χ1v) is 14.6. The molecule has 1 fully saturated rings. The number of pyridine rings is 2. The van der Waals surface area contributed by atoms with E-state index in [9.17, 15) is 4.79 Å². The molecule has 0 atom stereocenters. The molecule has 216 valence electrons.